The molecule has 1 saturated carbocycles. The number of urea groups is 1. The molecule has 2 aliphatic rings. The summed E-state index contributed by atoms with van der Waals surface area (Å²) in [6.45, 7) is 2.97. The Labute approximate surface area is 238 Å². The normalized spacial score (nSPS) is 18.9. The number of piperazine rings is 1. The number of alkyl halides is 6. The highest BCUT2D eigenvalue weighted by Gasteiger charge is 2.37. The first-order valence-corrected chi connectivity index (χ1v) is 13.8. The summed E-state index contributed by atoms with van der Waals surface area (Å²) in [5.41, 5.74) is -3.08. The number of carbonyl (C=O) groups excluding carboxylic acids is 1. The Morgan fingerprint density at radius 1 is 0.875 bits per heavy atom. The number of nitrogens with one attached hydrogen (secondary N) is 2. The minimum atomic E-state index is -5.03. The molecule has 0 aromatic heterocycles. The third-order valence-electron chi connectivity index (χ3n) is 7.52. The average molecular weight is 611 g/mol. The van der Waals surface area contributed by atoms with Crippen molar-refractivity contribution in [3.8, 4) is 0 Å². The fraction of sp³-hybridized carbons (Fsp3) is 0.519. The van der Waals surface area contributed by atoms with Gasteiger partial charge in [0, 0.05) is 60.1 Å². The van der Waals surface area contributed by atoms with Crippen LogP contribution in [-0.4, -0.2) is 54.6 Å². The molecule has 2 amide bonds. The summed E-state index contributed by atoms with van der Waals surface area (Å²) in [5.74, 6) is 0. The molecule has 1 aliphatic heterocycles. The van der Waals surface area contributed by atoms with Gasteiger partial charge in [-0.2, -0.15) is 26.3 Å². The maximum atomic E-state index is 13.2. The first kappa shape index (κ1) is 30.7. The van der Waals surface area contributed by atoms with E-state index in [1.54, 1.807) is 18.2 Å². The van der Waals surface area contributed by atoms with Crippen LogP contribution in [0.3, 0.4) is 0 Å². The highest BCUT2D eigenvalue weighted by Crippen LogP contribution is 2.38. The largest absolute Gasteiger partial charge is 0.416 e. The number of rotatable bonds is 6. The Morgan fingerprint density at radius 2 is 1.43 bits per heavy atom. The molecule has 2 fully saturated rings. The smallest absolute Gasteiger partial charge is 0.336 e. The lowest BCUT2D eigenvalue weighted by Gasteiger charge is -2.43. The van der Waals surface area contributed by atoms with E-state index in [-0.39, 0.29) is 12.6 Å². The minimum absolute atomic E-state index is 0.00544. The molecule has 1 atom stereocenters. The second-order valence-corrected chi connectivity index (χ2v) is 11.0. The fourth-order valence-electron chi connectivity index (χ4n) is 5.49. The van der Waals surface area contributed by atoms with Crippen LogP contribution in [0.2, 0.25) is 10.0 Å². The molecular formula is C27H30Cl2F6N4O. The molecule has 0 radical (unpaired) electrons. The van der Waals surface area contributed by atoms with Gasteiger partial charge >= 0.3 is 18.4 Å². The van der Waals surface area contributed by atoms with Gasteiger partial charge in [-0.25, -0.2) is 4.79 Å². The van der Waals surface area contributed by atoms with Crippen molar-refractivity contribution in [3.05, 3.63) is 63.1 Å². The van der Waals surface area contributed by atoms with Gasteiger partial charge in [-0.3, -0.25) is 9.80 Å². The molecule has 1 unspecified atom stereocenters. The third-order valence-corrected chi connectivity index (χ3v) is 8.17. The number of hydrogen-bond acceptors (Lipinski definition) is 3. The topological polar surface area (TPSA) is 47.6 Å². The van der Waals surface area contributed by atoms with Gasteiger partial charge in [0.1, 0.15) is 0 Å². The lowest BCUT2D eigenvalue weighted by Crippen LogP contribution is -2.53. The number of benzene rings is 2. The van der Waals surface area contributed by atoms with E-state index in [9.17, 15) is 31.1 Å². The van der Waals surface area contributed by atoms with Gasteiger partial charge in [0.2, 0.25) is 0 Å². The Bertz CT molecular complexity index is 1130. The van der Waals surface area contributed by atoms with Crippen molar-refractivity contribution in [2.75, 3.05) is 38.0 Å². The van der Waals surface area contributed by atoms with Crippen LogP contribution in [0.5, 0.6) is 0 Å². The van der Waals surface area contributed by atoms with Gasteiger partial charge in [-0.1, -0.05) is 48.5 Å². The van der Waals surface area contributed by atoms with E-state index in [0.717, 1.165) is 13.1 Å². The van der Waals surface area contributed by atoms with Crippen LogP contribution in [0.25, 0.3) is 0 Å². The molecule has 2 aromatic carbocycles. The zero-order chi connectivity index (χ0) is 29.1. The van der Waals surface area contributed by atoms with Crippen LogP contribution < -0.4 is 10.6 Å². The highest BCUT2D eigenvalue weighted by atomic mass is 35.5. The summed E-state index contributed by atoms with van der Waals surface area (Å²) in [6, 6.07) is 5.10. The van der Waals surface area contributed by atoms with E-state index in [0.29, 0.717) is 46.9 Å². The van der Waals surface area contributed by atoms with E-state index < -0.39 is 41.2 Å². The van der Waals surface area contributed by atoms with E-state index in [2.05, 4.69) is 20.4 Å². The van der Waals surface area contributed by atoms with E-state index in [4.69, 9.17) is 23.2 Å². The summed E-state index contributed by atoms with van der Waals surface area (Å²) in [7, 11) is 0. The molecular weight excluding hydrogens is 581 g/mol. The molecule has 1 saturated heterocycles. The molecule has 2 N–H and O–H groups in total. The van der Waals surface area contributed by atoms with Crippen molar-refractivity contribution in [2.24, 2.45) is 0 Å². The molecule has 2 aromatic rings. The van der Waals surface area contributed by atoms with Crippen molar-refractivity contribution in [3.63, 3.8) is 0 Å². The van der Waals surface area contributed by atoms with Crippen molar-refractivity contribution < 1.29 is 31.1 Å². The maximum Gasteiger partial charge on any atom is 0.416 e. The standard InChI is InChI=1S/C27H30Cl2F6N4O/c28-21-7-4-8-22(29)24(21)23(39-11-9-38(10-12-39)20-5-2-1-3-6-20)16-36-25(40)37-19-14-17(26(30,31)32)13-18(15-19)27(33,34)35/h4,7-8,13-15,20,23H,1-3,5-6,9-12,16H2,(H2,36,37,40). The predicted molar refractivity (Wildman–Crippen MR) is 143 cm³/mol. The number of halogens is 8. The van der Waals surface area contributed by atoms with Crippen LogP contribution >= 0.6 is 23.2 Å². The summed E-state index contributed by atoms with van der Waals surface area (Å²) < 4.78 is 79.3. The molecule has 0 bridgehead atoms. The van der Waals surface area contributed by atoms with E-state index in [1.165, 1.54) is 32.1 Å². The summed E-state index contributed by atoms with van der Waals surface area (Å²) >= 11 is 13.0. The summed E-state index contributed by atoms with van der Waals surface area (Å²) in [4.78, 5) is 17.3. The second kappa shape index (κ2) is 12.8. The maximum absolute atomic E-state index is 13.2. The lowest BCUT2D eigenvalue weighted by molar-refractivity contribution is -0.143. The van der Waals surface area contributed by atoms with Gasteiger partial charge in [0.15, 0.2) is 0 Å². The Morgan fingerprint density at radius 3 is 1.95 bits per heavy atom. The van der Waals surface area contributed by atoms with Crippen LogP contribution in [-0.2, 0) is 12.4 Å². The monoisotopic (exact) mass is 610 g/mol. The Kier molecular flexibility index (Phi) is 9.80. The van der Waals surface area contributed by atoms with Crippen LogP contribution in [0, 0.1) is 0 Å². The quantitative estimate of drug-likeness (QED) is 0.328. The van der Waals surface area contributed by atoms with Crippen molar-refractivity contribution >= 4 is 34.9 Å². The van der Waals surface area contributed by atoms with Gasteiger partial charge in [0.05, 0.1) is 17.2 Å². The SMILES string of the molecule is O=C(NCC(c1c(Cl)cccc1Cl)N1CCN(C2CCCCC2)CC1)Nc1cc(C(F)(F)F)cc(C(F)(F)F)c1. The number of carbonyl (C=O) groups is 1. The highest BCUT2D eigenvalue weighted by molar-refractivity contribution is 6.36. The van der Waals surface area contributed by atoms with Gasteiger partial charge in [-0.05, 0) is 43.2 Å². The van der Waals surface area contributed by atoms with Crippen molar-refractivity contribution in [2.45, 2.75) is 56.5 Å². The summed E-state index contributed by atoms with van der Waals surface area (Å²) in [5, 5.41) is 5.48. The zero-order valence-corrected chi connectivity index (χ0v) is 23.0. The van der Waals surface area contributed by atoms with Gasteiger partial charge < -0.3 is 10.6 Å². The van der Waals surface area contributed by atoms with Crippen molar-refractivity contribution in [1.82, 2.24) is 15.1 Å². The zero-order valence-electron chi connectivity index (χ0n) is 21.5. The molecule has 220 valence electrons. The van der Waals surface area contributed by atoms with Crippen LogP contribution in [0.1, 0.15) is 54.8 Å². The first-order chi connectivity index (χ1) is 18.8. The number of hydrogen-bond donors (Lipinski definition) is 2. The number of anilines is 1. The van der Waals surface area contributed by atoms with E-state index >= 15 is 0 Å². The predicted octanol–water partition coefficient (Wildman–Crippen LogP) is 7.84. The lowest BCUT2D eigenvalue weighted by atomic mass is 9.93. The van der Waals surface area contributed by atoms with Crippen molar-refractivity contribution in [1.29, 1.82) is 0 Å². The average Bonchev–Trinajstić information content (AvgIpc) is 2.90. The minimum Gasteiger partial charge on any atom is -0.336 e. The molecule has 1 aliphatic carbocycles. The number of nitrogens with zero attached hydrogens (tertiary/aromatic N) is 2. The van der Waals surface area contributed by atoms with Crippen LogP contribution in [0.15, 0.2) is 36.4 Å². The Hall–Kier alpha value is -2.21. The van der Waals surface area contributed by atoms with Gasteiger partial charge in [0.25, 0.3) is 0 Å². The molecule has 5 nitrogen and oxygen atoms in total. The molecule has 13 heteroatoms. The molecule has 40 heavy (non-hydrogen) atoms. The first-order valence-electron chi connectivity index (χ1n) is 13.1. The fourth-order valence-corrected chi connectivity index (χ4v) is 6.14. The van der Waals surface area contributed by atoms with Gasteiger partial charge in [-0.15, -0.1) is 0 Å². The number of amides is 2. The molecule has 1 heterocycles. The van der Waals surface area contributed by atoms with Crippen LogP contribution in [0.4, 0.5) is 36.8 Å². The van der Waals surface area contributed by atoms with E-state index in [1.807, 2.05) is 0 Å². The second-order valence-electron chi connectivity index (χ2n) is 10.1. The molecule has 0 spiro atoms. The molecule has 4 rings (SSSR count). The Balaban J connectivity index is 1.48. The third kappa shape index (κ3) is 7.74. The summed E-state index contributed by atoms with van der Waals surface area (Å²) in [6.07, 6.45) is -4.01.